The van der Waals surface area contributed by atoms with Gasteiger partial charge in [0.25, 0.3) is 0 Å². The van der Waals surface area contributed by atoms with Crippen LogP contribution in [-0.4, -0.2) is 26.2 Å². The summed E-state index contributed by atoms with van der Waals surface area (Å²) >= 11 is 0. The maximum Gasteiger partial charge on any atom is 0.249 e. The second-order valence-corrected chi connectivity index (χ2v) is 5.33. The Balaban J connectivity index is 1.83. The van der Waals surface area contributed by atoms with Crippen LogP contribution in [-0.2, 0) is 22.7 Å². The number of ether oxygens (including phenoxy) is 3. The van der Waals surface area contributed by atoms with Crippen molar-refractivity contribution in [2.45, 2.75) is 26.2 Å². The van der Waals surface area contributed by atoms with E-state index in [0.29, 0.717) is 13.2 Å². The highest BCUT2D eigenvalue weighted by Crippen LogP contribution is 2.17. The van der Waals surface area contributed by atoms with Crippen LogP contribution in [0.5, 0.6) is 11.5 Å². The molecule has 5 heteroatoms. The van der Waals surface area contributed by atoms with Crippen molar-refractivity contribution in [1.82, 2.24) is 5.32 Å². The smallest absolute Gasteiger partial charge is 0.249 e. The SMILES string of the molecule is COc1cccc(COC(C)C(=O)NCc2ccccc2OC)c1. The summed E-state index contributed by atoms with van der Waals surface area (Å²) in [6, 6.07) is 15.2. The Morgan fingerprint density at radius 1 is 1.08 bits per heavy atom. The highest BCUT2D eigenvalue weighted by atomic mass is 16.5. The van der Waals surface area contributed by atoms with Gasteiger partial charge in [0.05, 0.1) is 20.8 Å². The fourth-order valence-electron chi connectivity index (χ4n) is 2.23. The Kier molecular flexibility index (Phi) is 6.63. The van der Waals surface area contributed by atoms with Gasteiger partial charge in [-0.3, -0.25) is 4.79 Å². The van der Waals surface area contributed by atoms with Gasteiger partial charge in [-0.25, -0.2) is 0 Å². The van der Waals surface area contributed by atoms with Gasteiger partial charge in [-0.1, -0.05) is 30.3 Å². The lowest BCUT2D eigenvalue weighted by atomic mass is 10.2. The summed E-state index contributed by atoms with van der Waals surface area (Å²) in [5.41, 5.74) is 1.88. The van der Waals surface area contributed by atoms with E-state index in [9.17, 15) is 4.79 Å². The van der Waals surface area contributed by atoms with E-state index in [4.69, 9.17) is 14.2 Å². The molecule has 0 aliphatic carbocycles. The molecular weight excluding hydrogens is 306 g/mol. The Hall–Kier alpha value is -2.53. The molecular formula is C19H23NO4. The van der Waals surface area contributed by atoms with Crippen molar-refractivity contribution in [3.63, 3.8) is 0 Å². The average Bonchev–Trinajstić information content (AvgIpc) is 2.64. The predicted octanol–water partition coefficient (Wildman–Crippen LogP) is 2.93. The molecule has 0 aliphatic heterocycles. The third-order valence-corrected chi connectivity index (χ3v) is 3.65. The first kappa shape index (κ1) is 17.8. The molecule has 0 aromatic heterocycles. The number of rotatable bonds is 8. The Labute approximate surface area is 142 Å². The van der Waals surface area contributed by atoms with Crippen LogP contribution in [0.4, 0.5) is 0 Å². The van der Waals surface area contributed by atoms with Crippen molar-refractivity contribution in [3.05, 3.63) is 59.7 Å². The van der Waals surface area contributed by atoms with Crippen LogP contribution in [0.1, 0.15) is 18.1 Å². The van der Waals surface area contributed by atoms with E-state index in [1.165, 1.54) is 0 Å². The van der Waals surface area contributed by atoms with E-state index in [1.54, 1.807) is 21.1 Å². The van der Waals surface area contributed by atoms with Crippen molar-refractivity contribution in [3.8, 4) is 11.5 Å². The number of hydrogen-bond acceptors (Lipinski definition) is 4. The molecule has 24 heavy (non-hydrogen) atoms. The summed E-state index contributed by atoms with van der Waals surface area (Å²) in [7, 11) is 3.23. The van der Waals surface area contributed by atoms with Crippen LogP contribution in [0.3, 0.4) is 0 Å². The fraction of sp³-hybridized carbons (Fsp3) is 0.316. The molecule has 0 fully saturated rings. The summed E-state index contributed by atoms with van der Waals surface area (Å²) < 4.78 is 16.1. The molecule has 2 rings (SSSR count). The van der Waals surface area contributed by atoms with E-state index in [-0.39, 0.29) is 5.91 Å². The van der Waals surface area contributed by atoms with Gasteiger partial charge in [0, 0.05) is 12.1 Å². The van der Waals surface area contributed by atoms with E-state index >= 15 is 0 Å². The van der Waals surface area contributed by atoms with Crippen molar-refractivity contribution in [1.29, 1.82) is 0 Å². The third-order valence-electron chi connectivity index (χ3n) is 3.65. The van der Waals surface area contributed by atoms with Crippen LogP contribution >= 0.6 is 0 Å². The normalized spacial score (nSPS) is 11.6. The number of benzene rings is 2. The molecule has 0 bridgehead atoms. The quantitative estimate of drug-likeness (QED) is 0.809. The molecule has 0 radical (unpaired) electrons. The van der Waals surface area contributed by atoms with Crippen molar-refractivity contribution in [2.24, 2.45) is 0 Å². The monoisotopic (exact) mass is 329 g/mol. The minimum Gasteiger partial charge on any atom is -0.497 e. The number of para-hydroxylation sites is 1. The molecule has 0 saturated carbocycles. The zero-order valence-corrected chi connectivity index (χ0v) is 14.2. The maximum atomic E-state index is 12.2. The first-order valence-corrected chi connectivity index (χ1v) is 7.78. The highest BCUT2D eigenvalue weighted by Gasteiger charge is 2.14. The van der Waals surface area contributed by atoms with Gasteiger partial charge < -0.3 is 19.5 Å². The first-order valence-electron chi connectivity index (χ1n) is 7.78. The number of carbonyl (C=O) groups excluding carboxylic acids is 1. The summed E-state index contributed by atoms with van der Waals surface area (Å²) in [5, 5.41) is 2.86. The molecule has 1 atom stereocenters. The van der Waals surface area contributed by atoms with Gasteiger partial charge in [0.2, 0.25) is 5.91 Å². The van der Waals surface area contributed by atoms with Gasteiger partial charge in [0.15, 0.2) is 0 Å². The van der Waals surface area contributed by atoms with Gasteiger partial charge in [-0.15, -0.1) is 0 Å². The summed E-state index contributed by atoms with van der Waals surface area (Å²) in [6.45, 7) is 2.48. The van der Waals surface area contributed by atoms with Crippen LogP contribution in [0.2, 0.25) is 0 Å². The molecule has 5 nitrogen and oxygen atoms in total. The van der Waals surface area contributed by atoms with E-state index < -0.39 is 6.10 Å². The molecule has 1 unspecified atom stereocenters. The standard InChI is InChI=1S/C19H23NO4/c1-14(24-13-15-7-6-9-17(11-15)22-2)19(21)20-12-16-8-4-5-10-18(16)23-3/h4-11,14H,12-13H2,1-3H3,(H,20,21). The third kappa shape index (κ3) is 4.99. The van der Waals surface area contributed by atoms with Gasteiger partial charge in [-0.05, 0) is 30.7 Å². The summed E-state index contributed by atoms with van der Waals surface area (Å²) in [6.07, 6.45) is -0.550. The number of hydrogen-bond donors (Lipinski definition) is 1. The summed E-state index contributed by atoms with van der Waals surface area (Å²) in [4.78, 5) is 12.2. The lowest BCUT2D eigenvalue weighted by molar-refractivity contribution is -0.132. The van der Waals surface area contributed by atoms with Crippen LogP contribution in [0.25, 0.3) is 0 Å². The second-order valence-electron chi connectivity index (χ2n) is 5.33. The molecule has 0 spiro atoms. The first-order chi connectivity index (χ1) is 11.6. The molecule has 0 saturated heterocycles. The summed E-state index contributed by atoms with van der Waals surface area (Å²) in [5.74, 6) is 1.36. The number of nitrogens with one attached hydrogen (secondary N) is 1. The zero-order valence-electron chi connectivity index (χ0n) is 14.2. The maximum absolute atomic E-state index is 12.2. The molecule has 2 aromatic carbocycles. The van der Waals surface area contributed by atoms with Crippen LogP contribution in [0.15, 0.2) is 48.5 Å². The van der Waals surface area contributed by atoms with Gasteiger partial charge in [-0.2, -0.15) is 0 Å². The van der Waals surface area contributed by atoms with Crippen molar-refractivity contribution in [2.75, 3.05) is 14.2 Å². The highest BCUT2D eigenvalue weighted by molar-refractivity contribution is 5.80. The average molecular weight is 329 g/mol. The fourth-order valence-corrected chi connectivity index (χ4v) is 2.23. The van der Waals surface area contributed by atoms with Crippen molar-refractivity contribution >= 4 is 5.91 Å². The Morgan fingerprint density at radius 3 is 2.62 bits per heavy atom. The largest absolute Gasteiger partial charge is 0.497 e. The predicted molar refractivity (Wildman–Crippen MR) is 92.1 cm³/mol. The van der Waals surface area contributed by atoms with Crippen LogP contribution in [0, 0.1) is 0 Å². The molecule has 2 aromatic rings. The van der Waals surface area contributed by atoms with Crippen molar-refractivity contribution < 1.29 is 19.0 Å². The topological polar surface area (TPSA) is 56.8 Å². The van der Waals surface area contributed by atoms with E-state index in [1.807, 2.05) is 48.5 Å². The molecule has 1 N–H and O–H groups in total. The molecule has 128 valence electrons. The molecule has 0 aliphatic rings. The van der Waals surface area contributed by atoms with Gasteiger partial charge >= 0.3 is 0 Å². The van der Waals surface area contributed by atoms with E-state index in [2.05, 4.69) is 5.32 Å². The number of amides is 1. The lowest BCUT2D eigenvalue weighted by Gasteiger charge is -2.15. The number of carbonyl (C=O) groups is 1. The second kappa shape index (κ2) is 8.93. The van der Waals surface area contributed by atoms with Gasteiger partial charge in [0.1, 0.15) is 17.6 Å². The number of methoxy groups -OCH3 is 2. The van der Waals surface area contributed by atoms with E-state index in [0.717, 1.165) is 22.6 Å². The zero-order chi connectivity index (χ0) is 17.4. The molecule has 0 heterocycles. The Bertz CT molecular complexity index is 672. The minimum atomic E-state index is -0.550. The molecule has 1 amide bonds. The van der Waals surface area contributed by atoms with Crippen LogP contribution < -0.4 is 14.8 Å². The minimum absolute atomic E-state index is 0.163. The lowest BCUT2D eigenvalue weighted by Crippen LogP contribution is -2.34. The Morgan fingerprint density at radius 2 is 1.88 bits per heavy atom.